The second kappa shape index (κ2) is 5.59. The predicted octanol–water partition coefficient (Wildman–Crippen LogP) is 0.569. The van der Waals surface area contributed by atoms with Crippen molar-refractivity contribution in [3.63, 3.8) is 0 Å². The van der Waals surface area contributed by atoms with Gasteiger partial charge in [-0.1, -0.05) is 26.7 Å². The largest absolute Gasteiger partial charge is 0.481 e. The topological polar surface area (TPSA) is 94.8 Å². The minimum atomic E-state index is -1.82. The van der Waals surface area contributed by atoms with E-state index in [4.69, 9.17) is 10.2 Å². The molecule has 0 rings (SSSR count). The van der Waals surface area contributed by atoms with Gasteiger partial charge in [-0.25, -0.2) is 4.79 Å². The molecule has 0 aliphatic rings. The second-order valence-electron chi connectivity index (χ2n) is 3.41. The van der Waals surface area contributed by atoms with Gasteiger partial charge < -0.3 is 15.3 Å². The monoisotopic (exact) mass is 204 g/mol. The van der Waals surface area contributed by atoms with Crippen molar-refractivity contribution in [2.45, 2.75) is 32.8 Å². The van der Waals surface area contributed by atoms with Crippen molar-refractivity contribution < 1.29 is 24.9 Å². The summed E-state index contributed by atoms with van der Waals surface area (Å²) in [5.74, 6) is -4.32. The molecule has 0 bridgehead atoms. The van der Waals surface area contributed by atoms with Crippen molar-refractivity contribution >= 4 is 11.9 Å². The standard InChI is InChI=1S/C9H16O5/c1-3-4-5(2)6(8(11)12)7(10)9(13)14/h5-7,10H,3-4H2,1-2H3,(H,11,12)(H,13,14). The molecule has 0 radical (unpaired) electrons. The molecule has 14 heavy (non-hydrogen) atoms. The lowest BCUT2D eigenvalue weighted by atomic mass is 9.86. The first-order valence-corrected chi connectivity index (χ1v) is 4.55. The van der Waals surface area contributed by atoms with E-state index in [1.807, 2.05) is 6.92 Å². The molecule has 3 atom stereocenters. The van der Waals surface area contributed by atoms with Crippen molar-refractivity contribution in [3.05, 3.63) is 0 Å². The second-order valence-corrected chi connectivity index (χ2v) is 3.41. The van der Waals surface area contributed by atoms with Crippen LogP contribution >= 0.6 is 0 Å². The van der Waals surface area contributed by atoms with E-state index in [2.05, 4.69) is 0 Å². The highest BCUT2D eigenvalue weighted by Gasteiger charge is 2.35. The lowest BCUT2D eigenvalue weighted by Crippen LogP contribution is -2.38. The van der Waals surface area contributed by atoms with Gasteiger partial charge >= 0.3 is 11.9 Å². The Balaban J connectivity index is 4.58. The summed E-state index contributed by atoms with van der Waals surface area (Å²) in [6.07, 6.45) is -0.479. The molecular formula is C9H16O5. The number of carbonyl (C=O) groups is 2. The Morgan fingerprint density at radius 2 is 1.71 bits per heavy atom. The van der Waals surface area contributed by atoms with E-state index in [1.165, 1.54) is 0 Å². The van der Waals surface area contributed by atoms with Crippen molar-refractivity contribution in [2.24, 2.45) is 11.8 Å². The Morgan fingerprint density at radius 3 is 2.00 bits per heavy atom. The molecule has 0 amide bonds. The van der Waals surface area contributed by atoms with Crippen LogP contribution in [0.15, 0.2) is 0 Å². The summed E-state index contributed by atoms with van der Waals surface area (Å²) in [5.41, 5.74) is 0. The van der Waals surface area contributed by atoms with Crippen LogP contribution in [-0.2, 0) is 9.59 Å². The third-order valence-corrected chi connectivity index (χ3v) is 2.24. The summed E-state index contributed by atoms with van der Waals surface area (Å²) >= 11 is 0. The van der Waals surface area contributed by atoms with E-state index < -0.39 is 24.0 Å². The van der Waals surface area contributed by atoms with E-state index in [9.17, 15) is 14.7 Å². The molecular weight excluding hydrogens is 188 g/mol. The summed E-state index contributed by atoms with van der Waals surface area (Å²) in [5, 5.41) is 26.4. The number of carboxylic acids is 2. The minimum Gasteiger partial charge on any atom is -0.481 e. The maximum absolute atomic E-state index is 10.7. The Bertz CT molecular complexity index is 213. The zero-order valence-electron chi connectivity index (χ0n) is 8.30. The fourth-order valence-electron chi connectivity index (χ4n) is 1.48. The molecule has 0 heterocycles. The Hall–Kier alpha value is -1.10. The van der Waals surface area contributed by atoms with E-state index in [0.29, 0.717) is 6.42 Å². The Kier molecular flexibility index (Phi) is 5.15. The molecule has 5 heteroatoms. The van der Waals surface area contributed by atoms with Crippen molar-refractivity contribution in [1.29, 1.82) is 0 Å². The van der Waals surface area contributed by atoms with Gasteiger partial charge in [0.1, 0.15) is 0 Å². The molecule has 82 valence electrons. The first-order valence-electron chi connectivity index (χ1n) is 4.55. The Labute approximate surface area is 82.4 Å². The number of hydrogen-bond acceptors (Lipinski definition) is 3. The molecule has 0 aromatic heterocycles. The highest BCUT2D eigenvalue weighted by molar-refractivity contribution is 5.81. The number of hydrogen-bond donors (Lipinski definition) is 3. The predicted molar refractivity (Wildman–Crippen MR) is 48.8 cm³/mol. The van der Waals surface area contributed by atoms with Crippen LogP contribution in [-0.4, -0.2) is 33.4 Å². The normalized spacial score (nSPS) is 17.1. The maximum Gasteiger partial charge on any atom is 0.333 e. The fourth-order valence-corrected chi connectivity index (χ4v) is 1.48. The minimum absolute atomic E-state index is 0.344. The van der Waals surface area contributed by atoms with Crippen LogP contribution in [0.2, 0.25) is 0 Å². The average molecular weight is 204 g/mol. The van der Waals surface area contributed by atoms with Crippen molar-refractivity contribution in [2.75, 3.05) is 0 Å². The molecule has 3 unspecified atom stereocenters. The average Bonchev–Trinajstić information content (AvgIpc) is 2.03. The van der Waals surface area contributed by atoms with Crippen LogP contribution in [0, 0.1) is 11.8 Å². The van der Waals surface area contributed by atoms with Crippen molar-refractivity contribution in [3.8, 4) is 0 Å². The first kappa shape index (κ1) is 12.9. The van der Waals surface area contributed by atoms with Gasteiger partial charge in [0.05, 0.1) is 5.92 Å². The summed E-state index contributed by atoms with van der Waals surface area (Å²) in [4.78, 5) is 21.2. The van der Waals surface area contributed by atoms with E-state index in [-0.39, 0.29) is 5.92 Å². The van der Waals surface area contributed by atoms with Crippen LogP contribution in [0.1, 0.15) is 26.7 Å². The van der Waals surface area contributed by atoms with E-state index in [0.717, 1.165) is 6.42 Å². The molecule has 0 spiro atoms. The third kappa shape index (κ3) is 3.33. The fraction of sp³-hybridized carbons (Fsp3) is 0.778. The molecule has 0 aromatic rings. The van der Waals surface area contributed by atoms with E-state index in [1.54, 1.807) is 6.92 Å². The van der Waals surface area contributed by atoms with Gasteiger partial charge in [0.25, 0.3) is 0 Å². The zero-order valence-corrected chi connectivity index (χ0v) is 8.30. The number of aliphatic hydroxyl groups is 1. The SMILES string of the molecule is CCCC(C)C(C(=O)O)C(O)C(=O)O. The lowest BCUT2D eigenvalue weighted by Gasteiger charge is -2.21. The van der Waals surface area contributed by atoms with Crippen LogP contribution in [0.3, 0.4) is 0 Å². The lowest BCUT2D eigenvalue weighted by molar-refractivity contribution is -0.162. The molecule has 0 fully saturated rings. The van der Waals surface area contributed by atoms with Gasteiger partial charge in [-0.2, -0.15) is 0 Å². The number of rotatable bonds is 6. The van der Waals surface area contributed by atoms with Gasteiger partial charge in [0.2, 0.25) is 0 Å². The van der Waals surface area contributed by atoms with Gasteiger partial charge in [-0.05, 0) is 5.92 Å². The van der Waals surface area contributed by atoms with Crippen LogP contribution in [0.4, 0.5) is 0 Å². The molecule has 0 saturated carbocycles. The van der Waals surface area contributed by atoms with Crippen LogP contribution in [0.25, 0.3) is 0 Å². The molecule has 0 aliphatic heterocycles. The number of aliphatic carboxylic acids is 2. The first-order chi connectivity index (χ1) is 6.41. The Morgan fingerprint density at radius 1 is 1.21 bits per heavy atom. The maximum atomic E-state index is 10.7. The van der Waals surface area contributed by atoms with Crippen LogP contribution < -0.4 is 0 Å². The van der Waals surface area contributed by atoms with Gasteiger partial charge in [-0.15, -0.1) is 0 Å². The molecule has 0 aliphatic carbocycles. The number of aliphatic hydroxyl groups excluding tert-OH is 1. The number of carboxylic acid groups (broad SMARTS) is 2. The summed E-state index contributed by atoms with van der Waals surface area (Å²) in [6, 6.07) is 0. The smallest absolute Gasteiger partial charge is 0.333 e. The van der Waals surface area contributed by atoms with Crippen LogP contribution in [0.5, 0.6) is 0 Å². The van der Waals surface area contributed by atoms with E-state index >= 15 is 0 Å². The highest BCUT2D eigenvalue weighted by atomic mass is 16.4. The van der Waals surface area contributed by atoms with Gasteiger partial charge in [0, 0.05) is 0 Å². The summed E-state index contributed by atoms with van der Waals surface area (Å²) in [6.45, 7) is 3.51. The quantitative estimate of drug-likeness (QED) is 0.588. The molecule has 5 nitrogen and oxygen atoms in total. The molecule has 0 saturated heterocycles. The highest BCUT2D eigenvalue weighted by Crippen LogP contribution is 2.21. The van der Waals surface area contributed by atoms with Gasteiger partial charge in [0.15, 0.2) is 6.10 Å². The van der Waals surface area contributed by atoms with Crippen molar-refractivity contribution in [1.82, 2.24) is 0 Å². The molecule has 3 N–H and O–H groups in total. The molecule has 0 aromatic carbocycles. The summed E-state index contributed by atoms with van der Waals surface area (Å²) in [7, 11) is 0. The zero-order chi connectivity index (χ0) is 11.3. The summed E-state index contributed by atoms with van der Waals surface area (Å²) < 4.78 is 0. The van der Waals surface area contributed by atoms with Gasteiger partial charge in [-0.3, -0.25) is 4.79 Å². The third-order valence-electron chi connectivity index (χ3n) is 2.24.